The molecule has 1 fully saturated rings. The normalized spacial score (nSPS) is 15.7. The molecule has 3 aromatic rings. The lowest BCUT2D eigenvalue weighted by Gasteiger charge is -2.41. The zero-order valence-corrected chi connectivity index (χ0v) is 23.0. The van der Waals surface area contributed by atoms with Gasteiger partial charge in [0.15, 0.2) is 0 Å². The molecule has 0 aliphatic carbocycles. The maximum atomic E-state index is 13.4. The molecular weight excluding hydrogens is 547 g/mol. The first-order chi connectivity index (χ1) is 18.4. The molecule has 2 heterocycles. The fraction of sp³-hybridized carbons (Fsp3) is 0.357. The second-order valence-corrected chi connectivity index (χ2v) is 9.87. The minimum atomic E-state index is -4.88. The minimum absolute atomic E-state index is 0. The zero-order valence-electron chi connectivity index (χ0n) is 22.2. The van der Waals surface area contributed by atoms with Crippen molar-refractivity contribution in [2.24, 2.45) is 5.92 Å². The van der Waals surface area contributed by atoms with E-state index in [0.717, 1.165) is 29.2 Å². The van der Waals surface area contributed by atoms with Gasteiger partial charge in [-0.3, -0.25) is 9.59 Å². The molecule has 4 rings (SSSR count). The van der Waals surface area contributed by atoms with Crippen molar-refractivity contribution in [2.45, 2.75) is 52.7 Å². The molecule has 1 atom stereocenters. The number of anilines is 1. The van der Waals surface area contributed by atoms with Crippen LogP contribution in [0.4, 0.5) is 18.9 Å². The highest BCUT2D eigenvalue weighted by Gasteiger charge is 2.40. The third-order valence-electron chi connectivity index (χ3n) is 6.52. The zero-order chi connectivity index (χ0) is 28.3. The largest absolute Gasteiger partial charge is 0.573 e. The molecule has 212 valence electrons. The molecule has 1 aliphatic rings. The topological polar surface area (TPSA) is 91.5 Å². The van der Waals surface area contributed by atoms with E-state index in [1.807, 2.05) is 37.5 Å². The summed E-state index contributed by atoms with van der Waals surface area (Å²) in [5.41, 5.74) is 2.39. The summed E-state index contributed by atoms with van der Waals surface area (Å²) >= 11 is 0. The maximum Gasteiger partial charge on any atom is 0.573 e. The van der Waals surface area contributed by atoms with Gasteiger partial charge in [-0.15, -0.1) is 25.6 Å². The summed E-state index contributed by atoms with van der Waals surface area (Å²) in [6.45, 7) is 6.58. The van der Waals surface area contributed by atoms with Crippen molar-refractivity contribution in [3.05, 3.63) is 77.4 Å². The Morgan fingerprint density at radius 1 is 1.10 bits per heavy atom. The Kier molecular flexibility index (Phi) is 9.48. The number of amides is 2. The van der Waals surface area contributed by atoms with E-state index in [1.165, 1.54) is 21.9 Å². The average molecular weight is 576 g/mol. The number of carbonyl (C=O) groups is 2. The number of benzene rings is 2. The fourth-order valence-electron chi connectivity index (χ4n) is 4.71. The van der Waals surface area contributed by atoms with Gasteiger partial charge in [-0.25, -0.2) is 4.98 Å². The molecule has 2 aromatic carbocycles. The molecule has 8 nitrogen and oxygen atoms in total. The Morgan fingerprint density at radius 2 is 1.80 bits per heavy atom. The third-order valence-corrected chi connectivity index (χ3v) is 6.52. The van der Waals surface area contributed by atoms with Gasteiger partial charge in [-0.05, 0) is 49.1 Å². The van der Waals surface area contributed by atoms with Crippen molar-refractivity contribution in [3.63, 3.8) is 0 Å². The van der Waals surface area contributed by atoms with Crippen LogP contribution in [0, 0.1) is 24.2 Å². The number of nitrogens with zero attached hydrogens (tertiary/aromatic N) is 5. The second kappa shape index (κ2) is 12.4. The molecule has 12 heteroatoms. The highest BCUT2D eigenvalue weighted by Crippen LogP contribution is 2.30. The number of halogens is 4. The van der Waals surface area contributed by atoms with E-state index < -0.39 is 23.9 Å². The van der Waals surface area contributed by atoms with Gasteiger partial charge in [0.25, 0.3) is 0 Å². The van der Waals surface area contributed by atoms with Crippen LogP contribution in [0.1, 0.15) is 42.9 Å². The van der Waals surface area contributed by atoms with Gasteiger partial charge in [-0.2, -0.15) is 5.26 Å². The van der Waals surface area contributed by atoms with Gasteiger partial charge in [0, 0.05) is 24.8 Å². The van der Waals surface area contributed by atoms with Gasteiger partial charge in [-0.1, -0.05) is 32.0 Å². The molecule has 0 unspecified atom stereocenters. The van der Waals surface area contributed by atoms with E-state index in [9.17, 15) is 22.8 Å². The number of alkyl halides is 3. The Labute approximate surface area is 236 Å². The lowest BCUT2D eigenvalue weighted by atomic mass is 9.98. The molecule has 0 N–H and O–H groups in total. The van der Waals surface area contributed by atoms with Gasteiger partial charge in [0.05, 0.1) is 36.1 Å². The van der Waals surface area contributed by atoms with Gasteiger partial charge >= 0.3 is 18.2 Å². The first-order valence-electron chi connectivity index (χ1n) is 12.4. The third kappa shape index (κ3) is 7.12. The van der Waals surface area contributed by atoms with Crippen molar-refractivity contribution in [1.29, 1.82) is 5.26 Å². The van der Waals surface area contributed by atoms with Crippen molar-refractivity contribution >= 4 is 29.9 Å². The van der Waals surface area contributed by atoms with E-state index in [0.29, 0.717) is 18.5 Å². The number of aromatic nitrogens is 2. The molecule has 0 spiro atoms. The number of rotatable bonds is 8. The quantitative estimate of drug-likeness (QED) is 0.343. The predicted molar refractivity (Wildman–Crippen MR) is 144 cm³/mol. The summed E-state index contributed by atoms with van der Waals surface area (Å²) < 4.78 is 44.2. The van der Waals surface area contributed by atoms with Crippen molar-refractivity contribution in [2.75, 3.05) is 11.4 Å². The van der Waals surface area contributed by atoms with E-state index >= 15 is 0 Å². The van der Waals surface area contributed by atoms with E-state index in [2.05, 4.69) is 15.8 Å². The fourth-order valence-corrected chi connectivity index (χ4v) is 4.71. The van der Waals surface area contributed by atoms with Crippen LogP contribution in [0.3, 0.4) is 0 Å². The van der Waals surface area contributed by atoms with Crippen LogP contribution in [0.2, 0.25) is 0 Å². The standard InChI is InChI=1S/C28H28F3N5O3.ClH/c1-18(2)11-23-16-35(22-5-4-6-25(12-22)39-28(29,30)31)26(37)27(38)36(23)17-24-14-33-19(3)34(24)15-21-9-7-20(13-32)8-10-21;/h4-10,12,14,18,23H,11,15-17H2,1-3H3;1H/t23-;/m0./s1. The van der Waals surface area contributed by atoms with Gasteiger partial charge in [0.1, 0.15) is 11.6 Å². The Balaban J connectivity index is 0.00000441. The first kappa shape index (κ1) is 30.5. The molecule has 40 heavy (non-hydrogen) atoms. The first-order valence-corrected chi connectivity index (χ1v) is 12.4. The smallest absolute Gasteiger partial charge is 0.406 e. The van der Waals surface area contributed by atoms with Crippen LogP contribution in [-0.4, -0.2) is 45.2 Å². The Morgan fingerprint density at radius 3 is 2.42 bits per heavy atom. The number of hydrogen-bond acceptors (Lipinski definition) is 5. The summed E-state index contributed by atoms with van der Waals surface area (Å²) in [5.74, 6) is -1.11. The molecule has 2 amide bonds. The van der Waals surface area contributed by atoms with Crippen LogP contribution < -0.4 is 9.64 Å². The Bertz CT molecular complexity index is 1400. The van der Waals surface area contributed by atoms with Crippen LogP contribution in [0.25, 0.3) is 0 Å². The van der Waals surface area contributed by atoms with E-state index in [4.69, 9.17) is 5.26 Å². The number of piperazine rings is 1. The lowest BCUT2D eigenvalue weighted by molar-refractivity contribution is -0.274. The number of nitriles is 1. The van der Waals surface area contributed by atoms with Crippen LogP contribution in [-0.2, 0) is 22.7 Å². The van der Waals surface area contributed by atoms with Crippen LogP contribution in [0.5, 0.6) is 5.75 Å². The van der Waals surface area contributed by atoms with Crippen molar-refractivity contribution < 1.29 is 27.5 Å². The second-order valence-electron chi connectivity index (χ2n) is 9.87. The number of carbonyl (C=O) groups excluding carboxylic acids is 2. The molecule has 1 aliphatic heterocycles. The van der Waals surface area contributed by atoms with Gasteiger partial charge < -0.3 is 19.1 Å². The number of ether oxygens (including phenoxy) is 1. The molecular formula is C28H29ClF3N5O3. The highest BCUT2D eigenvalue weighted by molar-refractivity contribution is 6.41. The highest BCUT2D eigenvalue weighted by atomic mass is 35.5. The molecule has 0 radical (unpaired) electrons. The van der Waals surface area contributed by atoms with Crippen LogP contribution >= 0.6 is 12.4 Å². The molecule has 1 aromatic heterocycles. The molecule has 0 saturated carbocycles. The Hall–Kier alpha value is -4.04. The van der Waals surface area contributed by atoms with Gasteiger partial charge in [0.2, 0.25) is 0 Å². The SMILES string of the molecule is Cc1ncc(CN2C(=O)C(=O)N(c3cccc(OC(F)(F)F)c3)C[C@@H]2CC(C)C)n1Cc1ccc(C#N)cc1.Cl. The average Bonchev–Trinajstić information content (AvgIpc) is 3.21. The van der Waals surface area contributed by atoms with Crippen molar-refractivity contribution in [3.8, 4) is 11.8 Å². The van der Waals surface area contributed by atoms with Crippen LogP contribution in [0.15, 0.2) is 54.7 Å². The summed E-state index contributed by atoms with van der Waals surface area (Å²) in [5, 5.41) is 9.05. The summed E-state index contributed by atoms with van der Waals surface area (Å²) in [6, 6.07) is 14.0. The van der Waals surface area contributed by atoms with E-state index in [-0.39, 0.29) is 43.1 Å². The summed E-state index contributed by atoms with van der Waals surface area (Å²) in [6.07, 6.45) is -2.62. The van der Waals surface area contributed by atoms with Crippen molar-refractivity contribution in [1.82, 2.24) is 14.5 Å². The molecule has 1 saturated heterocycles. The number of aryl methyl sites for hydroxylation is 1. The monoisotopic (exact) mass is 575 g/mol. The van der Waals surface area contributed by atoms with E-state index in [1.54, 1.807) is 18.3 Å². The molecule has 0 bridgehead atoms. The maximum absolute atomic E-state index is 13.4. The minimum Gasteiger partial charge on any atom is -0.406 e. The summed E-state index contributed by atoms with van der Waals surface area (Å²) in [7, 11) is 0. The number of imidazole rings is 1. The number of hydrogen-bond donors (Lipinski definition) is 0. The predicted octanol–water partition coefficient (Wildman–Crippen LogP) is 5.22. The summed E-state index contributed by atoms with van der Waals surface area (Å²) in [4.78, 5) is 33.8. The lowest BCUT2D eigenvalue weighted by Crippen LogP contribution is -2.59.